The van der Waals surface area contributed by atoms with E-state index in [1.54, 1.807) is 0 Å². The molecule has 0 atom stereocenters. The lowest BCUT2D eigenvalue weighted by atomic mass is 9.99. The fourth-order valence-electron chi connectivity index (χ4n) is 3.62. The molecule has 2 heteroatoms. The van der Waals surface area contributed by atoms with Crippen LogP contribution in [-0.2, 0) is 0 Å². The van der Waals surface area contributed by atoms with E-state index in [0.29, 0.717) is 5.92 Å². The van der Waals surface area contributed by atoms with Gasteiger partial charge in [-0.15, -0.1) is 0 Å². The standard InChI is InChI=1S/C30H32NP/c1-6-16-29(32(27-19-12-8-13-20-27)28-21-14-9-15-22-28)24(4)25(5)31-30(23(2)3)26-17-10-7-11-18-26/h6-23H,5H2,1-4H3. The van der Waals surface area contributed by atoms with Crippen molar-refractivity contribution in [2.24, 2.45) is 10.9 Å². The molecule has 162 valence electrons. The third-order valence-electron chi connectivity index (χ3n) is 5.28. The highest BCUT2D eigenvalue weighted by atomic mass is 31.1. The zero-order valence-electron chi connectivity index (χ0n) is 19.5. The minimum Gasteiger partial charge on any atom is -0.253 e. The minimum absolute atomic E-state index is 0.303. The van der Waals surface area contributed by atoms with Crippen molar-refractivity contribution in [3.05, 3.63) is 132 Å². The molecule has 0 fully saturated rings. The quantitative estimate of drug-likeness (QED) is 0.195. The Kier molecular flexibility index (Phi) is 8.54. The fourth-order valence-corrected chi connectivity index (χ4v) is 6.18. The van der Waals surface area contributed by atoms with Crippen molar-refractivity contribution in [2.45, 2.75) is 27.7 Å². The second-order valence-electron chi connectivity index (χ2n) is 7.98. The Morgan fingerprint density at radius 2 is 1.28 bits per heavy atom. The highest BCUT2D eigenvalue weighted by Gasteiger charge is 2.20. The molecule has 0 bridgehead atoms. The summed E-state index contributed by atoms with van der Waals surface area (Å²) in [5, 5.41) is 3.93. The van der Waals surface area contributed by atoms with Gasteiger partial charge in [0.2, 0.25) is 0 Å². The fraction of sp³-hybridized carbons (Fsp3) is 0.167. The molecule has 0 aromatic heterocycles. The third kappa shape index (κ3) is 5.81. The first-order valence-electron chi connectivity index (χ1n) is 11.1. The molecule has 0 aliphatic rings. The number of hydrogen-bond donors (Lipinski definition) is 0. The van der Waals surface area contributed by atoms with Crippen LogP contribution in [0.4, 0.5) is 0 Å². The Bertz CT molecular complexity index is 1070. The first-order chi connectivity index (χ1) is 15.5. The summed E-state index contributed by atoms with van der Waals surface area (Å²) in [5.74, 6) is 0.303. The number of nitrogens with zero attached hydrogens (tertiary/aromatic N) is 1. The van der Waals surface area contributed by atoms with Gasteiger partial charge >= 0.3 is 0 Å². The molecule has 0 radical (unpaired) electrons. The van der Waals surface area contributed by atoms with Gasteiger partial charge in [-0.3, -0.25) is 4.99 Å². The summed E-state index contributed by atoms with van der Waals surface area (Å²) in [7, 11) is -0.724. The molecule has 0 heterocycles. The van der Waals surface area contributed by atoms with E-state index in [2.05, 4.69) is 131 Å². The Balaban J connectivity index is 2.15. The molecule has 32 heavy (non-hydrogen) atoms. The Labute approximate surface area is 194 Å². The zero-order chi connectivity index (χ0) is 22.9. The van der Waals surface area contributed by atoms with E-state index in [1.165, 1.54) is 15.9 Å². The molecule has 0 saturated carbocycles. The van der Waals surface area contributed by atoms with E-state index in [0.717, 1.165) is 22.5 Å². The minimum atomic E-state index is -0.724. The summed E-state index contributed by atoms with van der Waals surface area (Å²) in [6, 6.07) is 32.0. The van der Waals surface area contributed by atoms with Gasteiger partial charge in [0.25, 0.3) is 0 Å². The molecule has 0 unspecified atom stereocenters. The van der Waals surface area contributed by atoms with E-state index < -0.39 is 7.92 Å². The first-order valence-corrected chi connectivity index (χ1v) is 12.4. The second-order valence-corrected chi connectivity index (χ2v) is 10.2. The van der Waals surface area contributed by atoms with Crippen LogP contribution >= 0.6 is 7.92 Å². The molecular weight excluding hydrogens is 405 g/mol. The van der Waals surface area contributed by atoms with Gasteiger partial charge in [0.1, 0.15) is 0 Å². The predicted molar refractivity (Wildman–Crippen MR) is 144 cm³/mol. The normalized spacial score (nSPS) is 13.0. The van der Waals surface area contributed by atoms with Crippen molar-refractivity contribution in [3.63, 3.8) is 0 Å². The molecular formula is C30H32NP. The Morgan fingerprint density at radius 3 is 1.72 bits per heavy atom. The molecule has 0 spiro atoms. The van der Waals surface area contributed by atoms with Gasteiger partial charge in [-0.2, -0.15) is 0 Å². The van der Waals surface area contributed by atoms with Crippen molar-refractivity contribution in [2.75, 3.05) is 0 Å². The predicted octanol–water partition coefficient (Wildman–Crippen LogP) is 7.63. The molecule has 0 amide bonds. The summed E-state index contributed by atoms with van der Waals surface area (Å²) >= 11 is 0. The SMILES string of the molecule is C=C(N=C(c1ccccc1)C(C)C)C(C)=C(C=CC)P(c1ccccc1)c1ccccc1. The van der Waals surface area contributed by atoms with Gasteiger partial charge in [-0.05, 0) is 54.7 Å². The molecule has 3 aromatic carbocycles. The number of hydrogen-bond acceptors (Lipinski definition) is 1. The zero-order valence-corrected chi connectivity index (χ0v) is 20.4. The second kappa shape index (κ2) is 11.6. The van der Waals surface area contributed by atoms with Crippen LogP contribution in [0.3, 0.4) is 0 Å². The van der Waals surface area contributed by atoms with Crippen LogP contribution in [0.5, 0.6) is 0 Å². The van der Waals surface area contributed by atoms with Crippen LogP contribution in [0, 0.1) is 5.92 Å². The maximum atomic E-state index is 5.06. The van der Waals surface area contributed by atoms with E-state index in [4.69, 9.17) is 4.99 Å². The number of allylic oxidation sites excluding steroid dienone is 4. The van der Waals surface area contributed by atoms with E-state index in [1.807, 2.05) is 6.07 Å². The van der Waals surface area contributed by atoms with Crippen molar-refractivity contribution in [1.82, 2.24) is 0 Å². The van der Waals surface area contributed by atoms with Crippen LogP contribution in [0.15, 0.2) is 131 Å². The Morgan fingerprint density at radius 1 is 0.812 bits per heavy atom. The lowest BCUT2D eigenvalue weighted by Crippen LogP contribution is -2.14. The third-order valence-corrected chi connectivity index (χ3v) is 7.88. The largest absolute Gasteiger partial charge is 0.253 e. The molecule has 3 rings (SSSR count). The van der Waals surface area contributed by atoms with Gasteiger partial charge in [0.15, 0.2) is 0 Å². The average Bonchev–Trinajstić information content (AvgIpc) is 2.83. The Hall–Kier alpha value is -3.02. The van der Waals surface area contributed by atoms with E-state index in [9.17, 15) is 0 Å². The molecule has 1 nitrogen and oxygen atoms in total. The number of rotatable bonds is 8. The number of aliphatic imine (C=N–C) groups is 1. The van der Waals surface area contributed by atoms with Gasteiger partial charge in [0.05, 0.1) is 11.4 Å². The van der Waals surface area contributed by atoms with Crippen LogP contribution in [0.25, 0.3) is 0 Å². The smallest absolute Gasteiger partial charge is 0.0597 e. The van der Waals surface area contributed by atoms with Crippen molar-refractivity contribution < 1.29 is 0 Å². The molecule has 0 aliphatic carbocycles. The summed E-state index contributed by atoms with van der Waals surface area (Å²) in [4.78, 5) is 5.06. The van der Waals surface area contributed by atoms with Crippen LogP contribution in [0.1, 0.15) is 33.3 Å². The molecule has 0 saturated heterocycles. The van der Waals surface area contributed by atoms with Crippen LogP contribution in [-0.4, -0.2) is 5.71 Å². The summed E-state index contributed by atoms with van der Waals surface area (Å²) in [5.41, 5.74) is 4.18. The van der Waals surface area contributed by atoms with Gasteiger partial charge in [0, 0.05) is 0 Å². The van der Waals surface area contributed by atoms with Crippen molar-refractivity contribution in [3.8, 4) is 0 Å². The summed E-state index contributed by atoms with van der Waals surface area (Å²) in [6.45, 7) is 13.0. The van der Waals surface area contributed by atoms with Gasteiger partial charge in [-0.25, -0.2) is 0 Å². The highest BCUT2D eigenvalue weighted by molar-refractivity contribution is 7.77. The maximum Gasteiger partial charge on any atom is 0.0597 e. The topological polar surface area (TPSA) is 12.4 Å². The maximum absolute atomic E-state index is 5.06. The van der Waals surface area contributed by atoms with E-state index >= 15 is 0 Å². The molecule has 0 N–H and O–H groups in total. The first kappa shape index (κ1) is 23.6. The van der Waals surface area contributed by atoms with Crippen molar-refractivity contribution >= 4 is 24.2 Å². The van der Waals surface area contributed by atoms with Crippen LogP contribution in [0.2, 0.25) is 0 Å². The van der Waals surface area contributed by atoms with Crippen LogP contribution < -0.4 is 10.6 Å². The highest BCUT2D eigenvalue weighted by Crippen LogP contribution is 2.46. The molecule has 3 aromatic rings. The monoisotopic (exact) mass is 437 g/mol. The van der Waals surface area contributed by atoms with Crippen molar-refractivity contribution in [1.29, 1.82) is 0 Å². The summed E-state index contributed by atoms with van der Waals surface area (Å²) in [6.07, 6.45) is 4.36. The lowest BCUT2D eigenvalue weighted by molar-refractivity contribution is 0.882. The average molecular weight is 438 g/mol. The number of benzene rings is 3. The van der Waals surface area contributed by atoms with Gasteiger partial charge < -0.3 is 0 Å². The summed E-state index contributed by atoms with van der Waals surface area (Å²) < 4.78 is 0. The van der Waals surface area contributed by atoms with E-state index in [-0.39, 0.29) is 0 Å². The lowest BCUT2D eigenvalue weighted by Gasteiger charge is -2.23. The van der Waals surface area contributed by atoms with Gasteiger partial charge in [-0.1, -0.05) is 124 Å². The molecule has 0 aliphatic heterocycles.